The molecule has 0 spiro atoms. The molecule has 8 heteroatoms. The van der Waals surface area contributed by atoms with E-state index in [9.17, 15) is 20.0 Å². The van der Waals surface area contributed by atoms with E-state index < -0.39 is 10.9 Å². The molecule has 0 unspecified atom stereocenters. The first-order valence-corrected chi connectivity index (χ1v) is 7.35. The Hall–Kier alpha value is -3.55. The number of nitrogens with one attached hydrogen (secondary N) is 2. The van der Waals surface area contributed by atoms with Crippen molar-refractivity contribution in [3.63, 3.8) is 0 Å². The van der Waals surface area contributed by atoms with Gasteiger partial charge in [0.25, 0.3) is 5.69 Å². The highest BCUT2D eigenvalue weighted by molar-refractivity contribution is 6.04. The number of H-pyrrole nitrogens is 1. The lowest BCUT2D eigenvalue weighted by molar-refractivity contribution is -0.383. The summed E-state index contributed by atoms with van der Waals surface area (Å²) in [6.07, 6.45) is 0. The molecule has 0 bridgehead atoms. The molecule has 3 rings (SSSR count). The molecule has 0 aliphatic heterocycles. The Kier molecular flexibility index (Phi) is 4.02. The van der Waals surface area contributed by atoms with Crippen LogP contribution in [0, 0.1) is 17.0 Å². The summed E-state index contributed by atoms with van der Waals surface area (Å²) in [5.74, 6) is -0.531. The van der Waals surface area contributed by atoms with Gasteiger partial charge in [-0.25, -0.2) is 4.79 Å². The van der Waals surface area contributed by atoms with Crippen LogP contribution in [0.15, 0.2) is 36.4 Å². The van der Waals surface area contributed by atoms with Crippen molar-refractivity contribution in [2.24, 2.45) is 0 Å². The van der Waals surface area contributed by atoms with Gasteiger partial charge in [-0.3, -0.25) is 10.1 Å². The number of nitro benzene ring substituents is 1. The first-order chi connectivity index (χ1) is 11.9. The van der Waals surface area contributed by atoms with E-state index in [1.807, 2.05) is 6.07 Å². The minimum Gasteiger partial charge on any atom is -0.497 e. The minimum absolute atomic E-state index is 0.114. The number of ether oxygens (including phenoxy) is 1. The second-order valence-electron chi connectivity index (χ2n) is 5.48. The van der Waals surface area contributed by atoms with Gasteiger partial charge < -0.3 is 20.1 Å². The Bertz CT molecular complexity index is 993. The summed E-state index contributed by atoms with van der Waals surface area (Å²) >= 11 is 0. The SMILES string of the molecule is COc1cccc(Nc2c(C)cc([N+](=O)[O-])c3[nH]c(C(=O)O)cc23)c1. The number of hydrogen-bond donors (Lipinski definition) is 3. The molecule has 1 aromatic heterocycles. The van der Waals surface area contributed by atoms with Gasteiger partial charge in [-0.05, 0) is 30.7 Å². The zero-order chi connectivity index (χ0) is 18.1. The lowest BCUT2D eigenvalue weighted by Gasteiger charge is -2.12. The second kappa shape index (κ2) is 6.16. The standard InChI is InChI=1S/C17H15N3O5/c1-9-6-14(20(23)24)16-12(8-13(19-16)17(21)22)15(9)18-10-4-3-5-11(7-10)25-2/h3-8,18-19H,1-2H3,(H,21,22). The molecule has 0 aliphatic carbocycles. The number of carbonyl (C=O) groups is 1. The Morgan fingerprint density at radius 2 is 2.08 bits per heavy atom. The summed E-state index contributed by atoms with van der Waals surface area (Å²) in [7, 11) is 1.56. The zero-order valence-electron chi connectivity index (χ0n) is 13.5. The van der Waals surface area contributed by atoms with Crippen LogP contribution in [0.5, 0.6) is 5.75 Å². The lowest BCUT2D eigenvalue weighted by atomic mass is 10.1. The average Bonchev–Trinajstić information content (AvgIpc) is 3.02. The normalized spacial score (nSPS) is 10.6. The highest BCUT2D eigenvalue weighted by Crippen LogP contribution is 2.37. The number of methoxy groups -OCH3 is 1. The monoisotopic (exact) mass is 341 g/mol. The molecule has 25 heavy (non-hydrogen) atoms. The first kappa shape index (κ1) is 16.3. The molecule has 0 amide bonds. The Balaban J connectivity index is 2.20. The Labute approximate surface area is 142 Å². The molecule has 3 N–H and O–H groups in total. The van der Waals surface area contributed by atoms with Crippen LogP contribution < -0.4 is 10.1 Å². The number of rotatable bonds is 5. The molecule has 0 radical (unpaired) electrons. The van der Waals surface area contributed by atoms with E-state index in [2.05, 4.69) is 10.3 Å². The quantitative estimate of drug-likeness (QED) is 0.479. The number of nitrogens with zero attached hydrogens (tertiary/aromatic N) is 1. The smallest absolute Gasteiger partial charge is 0.352 e. The van der Waals surface area contributed by atoms with Gasteiger partial charge in [-0.1, -0.05) is 6.07 Å². The molecule has 3 aromatic rings. The van der Waals surface area contributed by atoms with Crippen LogP contribution in [0.1, 0.15) is 16.1 Å². The van der Waals surface area contributed by atoms with Gasteiger partial charge in [0.15, 0.2) is 0 Å². The van der Waals surface area contributed by atoms with Gasteiger partial charge in [0.05, 0.1) is 17.7 Å². The number of non-ortho nitro benzene ring substituents is 1. The van der Waals surface area contributed by atoms with Crippen molar-refractivity contribution in [2.75, 3.05) is 12.4 Å². The van der Waals surface area contributed by atoms with Gasteiger partial charge in [0.2, 0.25) is 0 Å². The third-order valence-electron chi connectivity index (χ3n) is 3.86. The van der Waals surface area contributed by atoms with E-state index in [1.165, 1.54) is 12.1 Å². The van der Waals surface area contributed by atoms with E-state index in [0.29, 0.717) is 22.4 Å². The molecule has 0 aliphatic rings. The van der Waals surface area contributed by atoms with Crippen molar-refractivity contribution >= 4 is 33.9 Å². The third-order valence-corrected chi connectivity index (χ3v) is 3.86. The van der Waals surface area contributed by atoms with Gasteiger partial charge >= 0.3 is 5.97 Å². The minimum atomic E-state index is -1.18. The Morgan fingerprint density at radius 3 is 2.72 bits per heavy atom. The van der Waals surface area contributed by atoms with Crippen molar-refractivity contribution < 1.29 is 19.6 Å². The number of carboxylic acids is 1. The van der Waals surface area contributed by atoms with Crippen molar-refractivity contribution in [3.05, 3.63) is 57.8 Å². The van der Waals surface area contributed by atoms with Crippen molar-refractivity contribution in [1.29, 1.82) is 0 Å². The van der Waals surface area contributed by atoms with Crippen LogP contribution in [0.2, 0.25) is 0 Å². The van der Waals surface area contributed by atoms with Crippen LogP contribution in [-0.2, 0) is 0 Å². The average molecular weight is 341 g/mol. The largest absolute Gasteiger partial charge is 0.497 e. The third kappa shape index (κ3) is 2.97. The summed E-state index contributed by atoms with van der Waals surface area (Å²) in [6.45, 7) is 1.72. The number of hydrogen-bond acceptors (Lipinski definition) is 5. The van der Waals surface area contributed by atoms with Crippen LogP contribution in [-0.4, -0.2) is 28.1 Å². The molecule has 0 saturated carbocycles. The number of benzene rings is 2. The van der Waals surface area contributed by atoms with Crippen molar-refractivity contribution in [3.8, 4) is 5.75 Å². The maximum atomic E-state index is 11.3. The number of carboxylic acid groups (broad SMARTS) is 1. The fraction of sp³-hybridized carbons (Fsp3) is 0.118. The Morgan fingerprint density at radius 1 is 1.32 bits per heavy atom. The van der Waals surface area contributed by atoms with Crippen LogP contribution in [0.25, 0.3) is 10.9 Å². The van der Waals surface area contributed by atoms with Gasteiger partial charge in [-0.2, -0.15) is 0 Å². The van der Waals surface area contributed by atoms with Gasteiger partial charge in [0.1, 0.15) is 17.0 Å². The summed E-state index contributed by atoms with van der Waals surface area (Å²) in [5.41, 5.74) is 1.82. The fourth-order valence-corrected chi connectivity index (χ4v) is 2.69. The van der Waals surface area contributed by atoms with Crippen LogP contribution >= 0.6 is 0 Å². The number of nitro groups is 1. The molecule has 8 nitrogen and oxygen atoms in total. The number of aromatic carboxylic acids is 1. The molecular weight excluding hydrogens is 326 g/mol. The lowest BCUT2D eigenvalue weighted by Crippen LogP contribution is -1.98. The summed E-state index contributed by atoms with van der Waals surface area (Å²) in [5, 5.41) is 24.1. The number of aromatic nitrogens is 1. The maximum absolute atomic E-state index is 11.3. The van der Waals surface area contributed by atoms with Crippen LogP contribution in [0.3, 0.4) is 0 Å². The van der Waals surface area contributed by atoms with E-state index >= 15 is 0 Å². The molecule has 0 saturated heterocycles. The molecule has 128 valence electrons. The van der Waals surface area contributed by atoms with Gasteiger partial charge in [0, 0.05) is 23.2 Å². The molecule has 1 heterocycles. The number of anilines is 2. The van der Waals surface area contributed by atoms with E-state index in [0.717, 1.165) is 5.69 Å². The van der Waals surface area contributed by atoms with E-state index in [-0.39, 0.29) is 16.9 Å². The second-order valence-corrected chi connectivity index (χ2v) is 5.48. The highest BCUT2D eigenvalue weighted by Gasteiger charge is 2.21. The molecule has 2 aromatic carbocycles. The molecule has 0 atom stereocenters. The predicted molar refractivity (Wildman–Crippen MR) is 92.9 cm³/mol. The number of aromatic amines is 1. The first-order valence-electron chi connectivity index (χ1n) is 7.35. The zero-order valence-corrected chi connectivity index (χ0v) is 13.5. The predicted octanol–water partition coefficient (Wildman–Crippen LogP) is 3.83. The fourth-order valence-electron chi connectivity index (χ4n) is 2.69. The number of fused-ring (bicyclic) bond motifs is 1. The van der Waals surface area contributed by atoms with Crippen LogP contribution in [0.4, 0.5) is 17.1 Å². The number of aryl methyl sites for hydroxylation is 1. The van der Waals surface area contributed by atoms with E-state index in [1.54, 1.807) is 32.2 Å². The van der Waals surface area contributed by atoms with Crippen molar-refractivity contribution in [1.82, 2.24) is 4.98 Å². The maximum Gasteiger partial charge on any atom is 0.352 e. The summed E-state index contributed by atoms with van der Waals surface area (Å²) < 4.78 is 5.18. The van der Waals surface area contributed by atoms with Gasteiger partial charge in [-0.15, -0.1) is 0 Å². The van der Waals surface area contributed by atoms with E-state index in [4.69, 9.17) is 4.74 Å². The molecule has 0 fully saturated rings. The topological polar surface area (TPSA) is 117 Å². The summed E-state index contributed by atoms with van der Waals surface area (Å²) in [4.78, 5) is 24.6. The van der Waals surface area contributed by atoms with Crippen molar-refractivity contribution in [2.45, 2.75) is 6.92 Å². The molecular formula is C17H15N3O5. The summed E-state index contributed by atoms with van der Waals surface area (Å²) in [6, 6.07) is 9.99. The highest BCUT2D eigenvalue weighted by atomic mass is 16.6.